The van der Waals surface area contributed by atoms with Crippen LogP contribution in [-0.2, 0) is 21.2 Å². The van der Waals surface area contributed by atoms with Gasteiger partial charge in [-0.2, -0.15) is 0 Å². The first-order valence-electron chi connectivity index (χ1n) is 10.1. The minimum atomic E-state index is -3.54. The summed E-state index contributed by atoms with van der Waals surface area (Å²) in [7, 11) is -3.54. The highest BCUT2D eigenvalue weighted by molar-refractivity contribution is 7.88. The van der Waals surface area contributed by atoms with Crippen molar-refractivity contribution in [3.63, 3.8) is 0 Å². The molecule has 1 saturated heterocycles. The Balaban J connectivity index is 1.98. The lowest BCUT2D eigenvalue weighted by atomic mass is 9.96. The van der Waals surface area contributed by atoms with E-state index >= 15 is 0 Å². The van der Waals surface area contributed by atoms with Crippen molar-refractivity contribution in [3.8, 4) is 11.1 Å². The van der Waals surface area contributed by atoms with Crippen LogP contribution < -0.4 is 4.72 Å². The first-order valence-corrected chi connectivity index (χ1v) is 12.0. The van der Waals surface area contributed by atoms with E-state index in [1.807, 2.05) is 0 Å². The Hall–Kier alpha value is -2.46. The van der Waals surface area contributed by atoms with Gasteiger partial charge in [-0.05, 0) is 24.0 Å². The maximum atomic E-state index is 14.3. The fourth-order valence-electron chi connectivity index (χ4n) is 4.05. The average molecular weight is 473 g/mol. The second kappa shape index (κ2) is 9.19. The Bertz CT molecular complexity index is 1110. The number of nitrogens with one attached hydrogen (secondary N) is 1. The summed E-state index contributed by atoms with van der Waals surface area (Å²) in [6.07, 6.45) is 1.62. The fourth-order valence-corrected chi connectivity index (χ4v) is 4.87. The molecular formula is C22H24F4N2O3S. The van der Waals surface area contributed by atoms with Gasteiger partial charge in [-0.25, -0.2) is 30.7 Å². The van der Waals surface area contributed by atoms with Gasteiger partial charge < -0.3 is 4.90 Å². The molecule has 2 unspecified atom stereocenters. The van der Waals surface area contributed by atoms with E-state index in [-0.39, 0.29) is 29.9 Å². The summed E-state index contributed by atoms with van der Waals surface area (Å²) in [5.41, 5.74) is -0.361. The third kappa shape index (κ3) is 5.12. The van der Waals surface area contributed by atoms with Gasteiger partial charge in [0.05, 0.1) is 17.9 Å². The molecule has 0 bridgehead atoms. The quantitative estimate of drug-likeness (QED) is 0.516. The van der Waals surface area contributed by atoms with Gasteiger partial charge in [0.2, 0.25) is 15.9 Å². The molecule has 2 aromatic rings. The van der Waals surface area contributed by atoms with Crippen molar-refractivity contribution in [1.29, 1.82) is 0 Å². The van der Waals surface area contributed by atoms with Crippen LogP contribution in [0.25, 0.3) is 11.1 Å². The summed E-state index contributed by atoms with van der Waals surface area (Å²) >= 11 is 0. The molecule has 1 heterocycles. The number of rotatable bonds is 6. The number of amides is 1. The van der Waals surface area contributed by atoms with Crippen molar-refractivity contribution >= 4 is 15.9 Å². The number of likely N-dealkylation sites (tertiary alicyclic amines) is 1. The molecule has 3 rings (SSSR count). The fraction of sp³-hybridized carbons (Fsp3) is 0.409. The molecule has 174 valence electrons. The average Bonchev–Trinajstić information content (AvgIpc) is 3.06. The molecule has 0 spiro atoms. The van der Waals surface area contributed by atoms with Crippen LogP contribution in [0, 0.1) is 29.2 Å². The zero-order chi connectivity index (χ0) is 23.8. The van der Waals surface area contributed by atoms with Crippen molar-refractivity contribution in [2.75, 3.05) is 12.8 Å². The van der Waals surface area contributed by atoms with Crippen molar-refractivity contribution < 1.29 is 30.8 Å². The van der Waals surface area contributed by atoms with E-state index in [1.54, 1.807) is 24.8 Å². The summed E-state index contributed by atoms with van der Waals surface area (Å²) in [5.74, 6) is -6.48. The number of hydrogen-bond donors (Lipinski definition) is 1. The van der Waals surface area contributed by atoms with E-state index in [0.29, 0.717) is 18.5 Å². The minimum Gasteiger partial charge on any atom is -0.337 e. The molecule has 2 aromatic carbocycles. The molecule has 1 fully saturated rings. The van der Waals surface area contributed by atoms with Crippen LogP contribution in [0.1, 0.15) is 25.8 Å². The summed E-state index contributed by atoms with van der Waals surface area (Å²) in [4.78, 5) is 14.3. The number of benzene rings is 2. The van der Waals surface area contributed by atoms with Gasteiger partial charge in [0.1, 0.15) is 0 Å². The molecule has 1 amide bonds. The summed E-state index contributed by atoms with van der Waals surface area (Å²) < 4.78 is 82.0. The Labute approximate surface area is 184 Å². The molecule has 0 aliphatic carbocycles. The second-order valence-corrected chi connectivity index (χ2v) is 10.1. The number of sulfonamides is 1. The molecule has 1 N–H and O–H groups in total. The number of hydrogen-bond acceptors (Lipinski definition) is 3. The standard InChI is InChI=1S/C22H24F4N2O3S/c1-12(2)22(29)28-8-7-17(27-32(3,30)31)18(28)10-13-5-4-6-14(9-13)19-20(25)15(23)11-16(24)21(19)26/h4-6,9,11-12,17-18,27H,7-8,10H2,1-3H3. The van der Waals surface area contributed by atoms with Gasteiger partial charge in [0, 0.05) is 24.6 Å². The number of halogens is 4. The van der Waals surface area contributed by atoms with Crippen molar-refractivity contribution in [2.45, 2.75) is 38.8 Å². The Morgan fingerprint density at radius 1 is 1.12 bits per heavy atom. The van der Waals surface area contributed by atoms with E-state index in [9.17, 15) is 30.8 Å². The second-order valence-electron chi connectivity index (χ2n) is 8.29. The van der Waals surface area contributed by atoms with E-state index in [1.165, 1.54) is 18.2 Å². The molecule has 1 aliphatic heterocycles. The van der Waals surface area contributed by atoms with Crippen LogP contribution >= 0.6 is 0 Å². The maximum Gasteiger partial charge on any atom is 0.225 e. The van der Waals surface area contributed by atoms with Crippen molar-refractivity contribution in [3.05, 3.63) is 59.2 Å². The van der Waals surface area contributed by atoms with Gasteiger partial charge in [-0.1, -0.05) is 38.1 Å². The number of carbonyl (C=O) groups is 1. The van der Waals surface area contributed by atoms with Crippen LogP contribution in [0.3, 0.4) is 0 Å². The highest BCUT2D eigenvalue weighted by Crippen LogP contribution is 2.31. The third-order valence-corrected chi connectivity index (χ3v) is 6.19. The Morgan fingerprint density at radius 2 is 1.75 bits per heavy atom. The highest BCUT2D eigenvalue weighted by Gasteiger charge is 2.39. The van der Waals surface area contributed by atoms with Gasteiger partial charge in [-0.15, -0.1) is 0 Å². The molecule has 0 saturated carbocycles. The van der Waals surface area contributed by atoms with Gasteiger partial charge in [-0.3, -0.25) is 4.79 Å². The van der Waals surface area contributed by atoms with E-state index in [4.69, 9.17) is 0 Å². The molecule has 5 nitrogen and oxygen atoms in total. The monoisotopic (exact) mass is 472 g/mol. The van der Waals surface area contributed by atoms with Crippen LogP contribution in [0.15, 0.2) is 30.3 Å². The maximum absolute atomic E-state index is 14.3. The predicted molar refractivity (Wildman–Crippen MR) is 112 cm³/mol. The lowest BCUT2D eigenvalue weighted by Gasteiger charge is -2.30. The number of nitrogens with zero attached hydrogens (tertiary/aromatic N) is 1. The first kappa shape index (κ1) is 24.2. The van der Waals surface area contributed by atoms with E-state index in [0.717, 1.165) is 6.26 Å². The lowest BCUT2D eigenvalue weighted by Crippen LogP contribution is -2.48. The molecule has 1 aliphatic rings. The molecular weight excluding hydrogens is 448 g/mol. The van der Waals surface area contributed by atoms with Crippen LogP contribution in [0.4, 0.5) is 17.6 Å². The zero-order valence-electron chi connectivity index (χ0n) is 17.8. The largest absolute Gasteiger partial charge is 0.337 e. The van der Waals surface area contributed by atoms with E-state index in [2.05, 4.69) is 4.72 Å². The van der Waals surface area contributed by atoms with Crippen molar-refractivity contribution in [2.24, 2.45) is 5.92 Å². The topological polar surface area (TPSA) is 66.5 Å². The molecule has 0 aromatic heterocycles. The molecule has 0 radical (unpaired) electrons. The SMILES string of the molecule is CC(C)C(=O)N1CCC(NS(C)(=O)=O)C1Cc1cccc(-c2c(F)c(F)cc(F)c2F)c1. The Morgan fingerprint density at radius 3 is 2.31 bits per heavy atom. The molecule has 10 heteroatoms. The number of carbonyl (C=O) groups excluding carboxylic acids is 1. The minimum absolute atomic E-state index is 0.0664. The molecule has 32 heavy (non-hydrogen) atoms. The summed E-state index contributed by atoms with van der Waals surface area (Å²) in [5, 5.41) is 0. The summed E-state index contributed by atoms with van der Waals surface area (Å²) in [6, 6.07) is 4.89. The smallest absolute Gasteiger partial charge is 0.225 e. The lowest BCUT2D eigenvalue weighted by molar-refractivity contribution is -0.135. The van der Waals surface area contributed by atoms with Gasteiger partial charge in [0.25, 0.3) is 0 Å². The van der Waals surface area contributed by atoms with Gasteiger partial charge in [0.15, 0.2) is 23.3 Å². The van der Waals surface area contributed by atoms with Gasteiger partial charge >= 0.3 is 0 Å². The van der Waals surface area contributed by atoms with Crippen LogP contribution in [-0.4, -0.2) is 44.1 Å². The van der Waals surface area contributed by atoms with Crippen molar-refractivity contribution in [1.82, 2.24) is 9.62 Å². The van der Waals surface area contributed by atoms with E-state index < -0.39 is 50.9 Å². The third-order valence-electron chi connectivity index (χ3n) is 5.46. The Kier molecular flexibility index (Phi) is 6.94. The highest BCUT2D eigenvalue weighted by atomic mass is 32.2. The normalized spacial score (nSPS) is 19.1. The predicted octanol–water partition coefficient (Wildman–Crippen LogP) is 3.63. The summed E-state index contributed by atoms with van der Waals surface area (Å²) in [6.45, 7) is 3.83. The first-order chi connectivity index (χ1) is 14.9. The molecule has 2 atom stereocenters. The zero-order valence-corrected chi connectivity index (χ0v) is 18.6. The van der Waals surface area contributed by atoms with Crippen LogP contribution in [0.2, 0.25) is 0 Å². The van der Waals surface area contributed by atoms with Crippen LogP contribution in [0.5, 0.6) is 0 Å².